The molecule has 0 unspecified atom stereocenters. The van der Waals surface area contributed by atoms with Crippen LogP contribution in [0.3, 0.4) is 0 Å². The van der Waals surface area contributed by atoms with Crippen LogP contribution in [-0.2, 0) is 6.54 Å². The van der Waals surface area contributed by atoms with Crippen LogP contribution >= 0.6 is 12.4 Å². The van der Waals surface area contributed by atoms with Gasteiger partial charge in [0.05, 0.1) is 35.4 Å². The van der Waals surface area contributed by atoms with Gasteiger partial charge in [0.25, 0.3) is 0 Å². The third-order valence-electron chi connectivity index (χ3n) is 4.91. The van der Waals surface area contributed by atoms with Crippen LogP contribution in [0.15, 0.2) is 77.8 Å². The number of hydrogen-bond donors (Lipinski definition) is 1. The minimum absolute atomic E-state index is 0. The fourth-order valence-electron chi connectivity index (χ4n) is 3.55. The molecule has 0 atom stereocenters. The number of fused-ring (bicyclic) bond motifs is 2. The van der Waals surface area contributed by atoms with E-state index in [9.17, 15) is 0 Å². The van der Waals surface area contributed by atoms with E-state index in [0.29, 0.717) is 12.1 Å². The third-order valence-corrected chi connectivity index (χ3v) is 4.91. The van der Waals surface area contributed by atoms with Crippen LogP contribution in [0.1, 0.15) is 11.3 Å². The lowest BCUT2D eigenvalue weighted by Crippen LogP contribution is -2.19. The summed E-state index contributed by atoms with van der Waals surface area (Å²) in [5.41, 5.74) is 12.6. The van der Waals surface area contributed by atoms with Crippen LogP contribution in [-0.4, -0.2) is 21.1 Å². The summed E-state index contributed by atoms with van der Waals surface area (Å²) in [6.45, 7) is 1.32. The molecule has 0 saturated heterocycles. The number of imidazole rings is 1. The summed E-state index contributed by atoms with van der Waals surface area (Å²) >= 11 is 0. The molecule has 138 valence electrons. The molecule has 2 aliphatic rings. The minimum atomic E-state index is 0. The molecule has 2 N–H and O–H groups in total. The van der Waals surface area contributed by atoms with Crippen LogP contribution in [0.2, 0.25) is 0 Å². The first-order chi connectivity index (χ1) is 13.2. The van der Waals surface area contributed by atoms with Gasteiger partial charge < -0.3 is 15.2 Å². The molecule has 0 saturated carbocycles. The zero-order chi connectivity index (χ0) is 18.4. The SMILES string of the molecule is Cl.N#Cc1ccc(Cn2c(N3C=C4C(N)=CC=C4C3)nc3ccccc32)nc1. The summed E-state index contributed by atoms with van der Waals surface area (Å²) in [5.74, 6) is 0.859. The Balaban J connectivity index is 0.00000192. The number of allylic oxidation sites excluding steroid dienone is 3. The van der Waals surface area contributed by atoms with Crippen molar-refractivity contribution in [2.24, 2.45) is 5.73 Å². The lowest BCUT2D eigenvalue weighted by Gasteiger charge is -2.17. The van der Waals surface area contributed by atoms with Crippen molar-refractivity contribution in [1.29, 1.82) is 5.26 Å². The molecule has 3 heterocycles. The summed E-state index contributed by atoms with van der Waals surface area (Å²) in [5, 5.41) is 8.98. The highest BCUT2D eigenvalue weighted by atomic mass is 35.5. The zero-order valence-electron chi connectivity index (χ0n) is 14.9. The average molecular weight is 389 g/mol. The molecular formula is C21H17ClN6. The number of anilines is 1. The van der Waals surface area contributed by atoms with Gasteiger partial charge in [-0.25, -0.2) is 4.98 Å². The Labute approximate surface area is 168 Å². The third kappa shape index (κ3) is 2.82. The minimum Gasteiger partial charge on any atom is -0.398 e. The maximum absolute atomic E-state index is 8.98. The zero-order valence-corrected chi connectivity index (χ0v) is 15.7. The predicted octanol–water partition coefficient (Wildman–Crippen LogP) is 3.26. The second-order valence-electron chi connectivity index (χ2n) is 6.62. The van der Waals surface area contributed by atoms with E-state index in [0.717, 1.165) is 40.5 Å². The number of nitriles is 1. The fraction of sp³-hybridized carbons (Fsp3) is 0.0952. The van der Waals surface area contributed by atoms with Crippen LogP contribution in [0.5, 0.6) is 0 Å². The Bertz CT molecular complexity index is 1190. The van der Waals surface area contributed by atoms with E-state index in [-0.39, 0.29) is 12.4 Å². The number of nitrogens with zero attached hydrogens (tertiary/aromatic N) is 5. The first-order valence-electron chi connectivity index (χ1n) is 8.69. The van der Waals surface area contributed by atoms with Gasteiger partial charge in [0.1, 0.15) is 6.07 Å². The Morgan fingerprint density at radius 2 is 2.00 bits per heavy atom. The maximum Gasteiger partial charge on any atom is 0.211 e. The van der Waals surface area contributed by atoms with Crippen molar-refractivity contribution < 1.29 is 0 Å². The van der Waals surface area contributed by atoms with E-state index in [4.69, 9.17) is 16.0 Å². The molecule has 0 spiro atoms. The molecule has 2 aromatic heterocycles. The molecule has 0 bridgehead atoms. The monoisotopic (exact) mass is 388 g/mol. The van der Waals surface area contributed by atoms with Gasteiger partial charge in [0, 0.05) is 23.7 Å². The number of para-hydroxylation sites is 2. The Morgan fingerprint density at radius 3 is 2.75 bits per heavy atom. The van der Waals surface area contributed by atoms with Gasteiger partial charge in [-0.1, -0.05) is 18.2 Å². The first kappa shape index (κ1) is 17.8. The standard InChI is InChI=1S/C21H16N6.ClH/c22-9-14-5-7-16(24-10-14)12-27-20-4-2-1-3-19(20)25-21(27)26-11-15-6-8-18(23)17(15)13-26;/h1-8,10,13H,11-12,23H2;1H. The topological polar surface area (TPSA) is 83.8 Å². The van der Waals surface area contributed by atoms with E-state index in [1.807, 2.05) is 30.3 Å². The molecule has 1 aliphatic carbocycles. The van der Waals surface area contributed by atoms with Gasteiger partial charge in [-0.2, -0.15) is 5.26 Å². The smallest absolute Gasteiger partial charge is 0.211 e. The summed E-state index contributed by atoms with van der Waals surface area (Å²) < 4.78 is 2.16. The molecule has 0 fully saturated rings. The molecule has 0 amide bonds. The molecule has 1 aliphatic heterocycles. The number of pyridine rings is 1. The molecule has 6 nitrogen and oxygen atoms in total. The van der Waals surface area contributed by atoms with Crippen molar-refractivity contribution >= 4 is 29.4 Å². The van der Waals surface area contributed by atoms with Gasteiger partial charge in [0.15, 0.2) is 0 Å². The molecular weight excluding hydrogens is 372 g/mol. The van der Waals surface area contributed by atoms with E-state index >= 15 is 0 Å². The summed E-state index contributed by atoms with van der Waals surface area (Å²) in [7, 11) is 0. The molecule has 7 heteroatoms. The molecule has 0 radical (unpaired) electrons. The number of aromatic nitrogens is 3. The largest absolute Gasteiger partial charge is 0.398 e. The van der Waals surface area contributed by atoms with E-state index in [2.05, 4.69) is 38.9 Å². The van der Waals surface area contributed by atoms with E-state index < -0.39 is 0 Å². The van der Waals surface area contributed by atoms with Crippen molar-refractivity contribution in [3.05, 3.63) is 89.0 Å². The number of nitrogens with two attached hydrogens (primary N) is 1. The number of benzene rings is 1. The van der Waals surface area contributed by atoms with Gasteiger partial charge in [-0.05, 0) is 35.9 Å². The van der Waals surface area contributed by atoms with Crippen LogP contribution < -0.4 is 10.6 Å². The lowest BCUT2D eigenvalue weighted by molar-refractivity contribution is 0.780. The second kappa shape index (κ2) is 6.87. The first-order valence-corrected chi connectivity index (χ1v) is 8.69. The van der Waals surface area contributed by atoms with Gasteiger partial charge in [-0.3, -0.25) is 4.98 Å². The highest BCUT2D eigenvalue weighted by Gasteiger charge is 2.26. The summed E-state index contributed by atoms with van der Waals surface area (Å²) in [6, 6.07) is 13.9. The quantitative estimate of drug-likeness (QED) is 0.744. The highest BCUT2D eigenvalue weighted by molar-refractivity contribution is 5.85. The van der Waals surface area contributed by atoms with Crippen LogP contribution in [0.25, 0.3) is 11.0 Å². The van der Waals surface area contributed by atoms with Crippen molar-refractivity contribution in [1.82, 2.24) is 14.5 Å². The van der Waals surface area contributed by atoms with Crippen molar-refractivity contribution in [2.45, 2.75) is 6.54 Å². The summed E-state index contributed by atoms with van der Waals surface area (Å²) in [6.07, 6.45) is 7.68. The van der Waals surface area contributed by atoms with E-state index in [1.54, 1.807) is 12.3 Å². The second-order valence-corrected chi connectivity index (χ2v) is 6.62. The van der Waals surface area contributed by atoms with Gasteiger partial charge in [0.2, 0.25) is 5.95 Å². The van der Waals surface area contributed by atoms with Crippen molar-refractivity contribution in [3.63, 3.8) is 0 Å². The lowest BCUT2D eigenvalue weighted by atomic mass is 10.2. The fourth-order valence-corrected chi connectivity index (χ4v) is 3.55. The number of hydrogen-bond acceptors (Lipinski definition) is 5. The van der Waals surface area contributed by atoms with Crippen LogP contribution in [0, 0.1) is 11.3 Å². The number of rotatable bonds is 3. The molecule has 28 heavy (non-hydrogen) atoms. The highest BCUT2D eigenvalue weighted by Crippen LogP contribution is 2.34. The van der Waals surface area contributed by atoms with Gasteiger partial charge in [-0.15, -0.1) is 12.4 Å². The van der Waals surface area contributed by atoms with Crippen molar-refractivity contribution in [3.8, 4) is 6.07 Å². The normalized spacial score (nSPS) is 14.8. The van der Waals surface area contributed by atoms with Crippen LogP contribution in [0.4, 0.5) is 5.95 Å². The predicted molar refractivity (Wildman–Crippen MR) is 111 cm³/mol. The van der Waals surface area contributed by atoms with Gasteiger partial charge >= 0.3 is 0 Å². The maximum atomic E-state index is 8.98. The van der Waals surface area contributed by atoms with E-state index in [1.165, 1.54) is 5.57 Å². The number of halogens is 1. The molecule has 5 rings (SSSR count). The Hall–Kier alpha value is -3.56. The molecule has 1 aromatic carbocycles. The Kier molecular flexibility index (Phi) is 4.38. The summed E-state index contributed by atoms with van der Waals surface area (Å²) in [4.78, 5) is 11.4. The Morgan fingerprint density at radius 1 is 1.14 bits per heavy atom. The van der Waals surface area contributed by atoms with Crippen molar-refractivity contribution in [2.75, 3.05) is 11.4 Å². The molecule has 3 aromatic rings. The average Bonchev–Trinajstić information content (AvgIpc) is 3.37.